The summed E-state index contributed by atoms with van der Waals surface area (Å²) in [6.07, 6.45) is 0. The van der Waals surface area contributed by atoms with E-state index in [4.69, 9.17) is 0 Å². The van der Waals surface area contributed by atoms with Gasteiger partial charge in [-0.2, -0.15) is 0 Å². The van der Waals surface area contributed by atoms with Crippen molar-refractivity contribution >= 4 is 123 Å². The summed E-state index contributed by atoms with van der Waals surface area (Å²) in [6.45, 7) is 66.4. The lowest BCUT2D eigenvalue weighted by Crippen LogP contribution is -2.61. The summed E-state index contributed by atoms with van der Waals surface area (Å²) in [6, 6.07) is 63.3. The predicted octanol–water partition coefficient (Wildman–Crippen LogP) is 34.7. The summed E-state index contributed by atoms with van der Waals surface area (Å²) in [5, 5.41) is 1.68. The van der Waals surface area contributed by atoms with Gasteiger partial charge in [0.15, 0.2) is 0 Å². The van der Waals surface area contributed by atoms with Crippen LogP contribution in [0.3, 0.4) is 0 Å². The van der Waals surface area contributed by atoms with Gasteiger partial charge in [0, 0.05) is 88.7 Å². The quantitative estimate of drug-likeness (QED) is 0.134. The zero-order valence-electron chi connectivity index (χ0n) is 101. The number of para-hydroxylation sites is 4. The molecule has 2 aliphatic heterocycles. The maximum atomic E-state index is 10.7. The molecule has 0 saturated heterocycles. The maximum absolute atomic E-state index is 10.7. The van der Waals surface area contributed by atoms with E-state index in [1.165, 1.54) is 0 Å². The molecule has 0 saturated carbocycles. The highest BCUT2D eigenvalue weighted by Crippen LogP contribution is 2.58. The van der Waals surface area contributed by atoms with Crippen molar-refractivity contribution in [2.45, 2.75) is 262 Å². The van der Waals surface area contributed by atoms with E-state index in [0.29, 0.717) is 28.4 Å². The van der Waals surface area contributed by atoms with Gasteiger partial charge in [-0.25, -0.2) is 0 Å². The third kappa shape index (κ3) is 15.5. The van der Waals surface area contributed by atoms with Crippen molar-refractivity contribution in [2.24, 2.45) is 0 Å². The van der Waals surface area contributed by atoms with Gasteiger partial charge in [0.05, 0.1) is 72.1 Å². The first kappa shape index (κ1) is 73.7. The molecule has 686 valence electrons. The van der Waals surface area contributed by atoms with Crippen LogP contribution < -0.4 is 26.2 Å². The Morgan fingerprint density at radius 2 is 0.493 bits per heavy atom. The van der Waals surface area contributed by atoms with E-state index < -0.39 is 136 Å². The topological polar surface area (TPSA) is 21.3 Å². The molecule has 0 amide bonds. The molecule has 0 radical (unpaired) electrons. The third-order valence-electron chi connectivity index (χ3n) is 28.8. The normalized spacial score (nSPS) is 15.4. The molecule has 20 rings (SSSR count). The number of nitrogens with zero attached hydrogens (tertiary/aromatic N) is 5. The van der Waals surface area contributed by atoms with Crippen molar-refractivity contribution in [1.82, 2.24) is 13.7 Å². The van der Waals surface area contributed by atoms with Gasteiger partial charge in [-0.05, 0) is 258 Å². The lowest BCUT2D eigenvalue weighted by Gasteiger charge is -2.46. The monoisotopic (exact) mass is 1800 g/mol. The number of hydrogen-bond donors (Lipinski definition) is 0. The van der Waals surface area contributed by atoms with E-state index in [2.05, 4.69) is 398 Å². The molecule has 0 N–H and O–H groups in total. The second kappa shape index (κ2) is 31.5. The van der Waals surface area contributed by atoms with Crippen molar-refractivity contribution < 1.29 is 21.9 Å². The van der Waals surface area contributed by atoms with Crippen LogP contribution in [0, 0.1) is 0 Å². The summed E-state index contributed by atoms with van der Waals surface area (Å²) in [5.41, 5.74) is 22.3. The molecule has 0 bridgehead atoms. The van der Waals surface area contributed by atoms with Crippen LogP contribution in [0.4, 0.5) is 34.1 Å². The van der Waals surface area contributed by atoms with E-state index in [1.807, 2.05) is 18.2 Å². The minimum atomic E-state index is -0.901. The smallest absolute Gasteiger partial charge is 0.252 e. The highest BCUT2D eigenvalue weighted by Gasteiger charge is 2.48. The van der Waals surface area contributed by atoms with Gasteiger partial charge in [-0.1, -0.05) is 389 Å². The Morgan fingerprint density at radius 3 is 0.853 bits per heavy atom. The van der Waals surface area contributed by atoms with Gasteiger partial charge in [0.25, 0.3) is 6.71 Å². The molecular weight excluding hydrogens is 1640 g/mol. The minimum Gasteiger partial charge on any atom is -0.310 e. The second-order valence-electron chi connectivity index (χ2n) is 48.9. The number of rotatable bonds is 9. The highest BCUT2D eigenvalue weighted by atomic mass is 15.2. The fraction of sp³-hybridized carbons (Fsp3) is 0.308. The summed E-state index contributed by atoms with van der Waals surface area (Å²) in [5.74, 6) is 0. The maximum Gasteiger partial charge on any atom is 0.252 e. The third-order valence-corrected chi connectivity index (χ3v) is 28.8. The first-order chi connectivity index (χ1) is 70.4. The molecule has 5 nitrogen and oxygen atoms in total. The molecule has 0 atom stereocenters. The Labute approximate surface area is 833 Å². The van der Waals surface area contributed by atoms with E-state index in [1.54, 1.807) is 9.13 Å². The lowest BCUT2D eigenvalue weighted by atomic mass is 9.33. The molecule has 18 aromatic rings. The Morgan fingerprint density at radius 1 is 0.206 bits per heavy atom. The van der Waals surface area contributed by atoms with E-state index in [9.17, 15) is 21.9 Å². The number of fused-ring (bicyclic) bond motifs is 13. The SMILES string of the molecule is [2H]c1c([2H])c([2H])c2c(c1[2H])c1c([2H])c([2H])c([2H])c([2H])c1n2-c1ccc2c(c1)N(c1c(-c3ccc(C(C)(C)C)cc3)cc(C(C)(C)C)cc1-c1cc(C(C)(C)C)ccc1C(C)(C)C)c1cc(-n3c4c([2H])c([2H])c([2H])c([2H])c4c4c([2H])c([2H])c([2H])c([2H])c43)cc3c1B2c1ccc(-n2c4ccc(C(C)(C)C)cc4c4cc(C(C)(C)C)ccc42)cc1N3c1c(-c2ccc(C(C)(C)C)cc2)cc(C(C)(C)C)cc1-c1cc(C(C)(C)C)cc(C(C)(C)C)c1. The van der Waals surface area contributed by atoms with Crippen LogP contribution in [0.2, 0.25) is 0 Å². The van der Waals surface area contributed by atoms with Crippen molar-refractivity contribution in [2.75, 3.05) is 9.80 Å². The van der Waals surface area contributed by atoms with Crippen LogP contribution >= 0.6 is 0 Å². The summed E-state index contributed by atoms with van der Waals surface area (Å²) in [4.78, 5) is 4.79. The molecular formula is C130H138BN5. The van der Waals surface area contributed by atoms with Crippen LogP contribution in [0.5, 0.6) is 0 Å². The molecule has 5 heterocycles. The predicted molar refractivity (Wildman–Crippen MR) is 592 cm³/mol. The van der Waals surface area contributed by atoms with Crippen LogP contribution in [0.25, 0.3) is 127 Å². The summed E-state index contributed by atoms with van der Waals surface area (Å²) >= 11 is 0. The fourth-order valence-corrected chi connectivity index (χ4v) is 20.8. The first-order valence-corrected chi connectivity index (χ1v) is 48.5. The van der Waals surface area contributed by atoms with Gasteiger partial charge < -0.3 is 23.5 Å². The zero-order chi connectivity index (χ0) is 111. The molecule has 6 heteroatoms. The summed E-state index contributed by atoms with van der Waals surface area (Å²) in [7, 11) is 0. The molecule has 0 unspecified atom stereocenters. The standard InChI is InChI=1S/C130H138BN5/c1-121(2,3)82-51-47-79(48-52-82)98-71-89(128(22,23)24)73-100(81-65-87(126(16,17)18)67-88(66-81)127(19,20)21)119(98)135-114-76-92(133-112-63-56-85(124(10,11)12)69-102(112)103-70-86(125(13,14)15)57-64-113(103)133)59-62-106(114)131-107-61-58-91(132-108-43-35-31-39-94(108)95-40-32-36-44-109(95)132)75-115(107)136(117-78-93(77-116(135)118(117)131)134-110-45-37-33-41-96(110)97-42-34-38-46-111(97)134)120-99(80-49-53-83(54-50-80)122(4,5)6)72-90(129(25,26)27)74-104(120)101-68-84(123(7,8)9)55-60-105(101)130(28,29)30/h31-78H,1-30H3/i31D,32D,33D,34D,35D,36D,37D,38D,39D,40D,41D,42D,43D,44D,45D,46D. The molecule has 3 aromatic heterocycles. The molecule has 2 aliphatic rings. The largest absolute Gasteiger partial charge is 0.310 e. The molecule has 15 aromatic carbocycles. The molecule has 0 spiro atoms. The Bertz CT molecular complexity index is 8690. The van der Waals surface area contributed by atoms with Crippen molar-refractivity contribution in [1.29, 1.82) is 0 Å². The van der Waals surface area contributed by atoms with Gasteiger partial charge >= 0.3 is 0 Å². The zero-order valence-corrected chi connectivity index (χ0v) is 85.3. The number of benzene rings is 15. The first-order valence-electron chi connectivity index (χ1n) is 56.5. The fourth-order valence-electron chi connectivity index (χ4n) is 20.8. The van der Waals surface area contributed by atoms with E-state index in [-0.39, 0.29) is 76.6 Å². The summed E-state index contributed by atoms with van der Waals surface area (Å²) < 4.78 is 166. The van der Waals surface area contributed by atoms with Crippen LogP contribution in [0.1, 0.15) is 285 Å². The van der Waals surface area contributed by atoms with Gasteiger partial charge in [0.2, 0.25) is 0 Å². The van der Waals surface area contributed by atoms with Gasteiger partial charge in [-0.3, -0.25) is 0 Å². The Hall–Kier alpha value is -12.6. The van der Waals surface area contributed by atoms with Crippen LogP contribution in [-0.2, 0) is 54.1 Å². The minimum absolute atomic E-state index is 0.0882. The van der Waals surface area contributed by atoms with Crippen LogP contribution in [0.15, 0.2) is 291 Å². The van der Waals surface area contributed by atoms with Crippen molar-refractivity contribution in [3.05, 3.63) is 346 Å². The Kier molecular flexibility index (Phi) is 17.0. The lowest BCUT2D eigenvalue weighted by molar-refractivity contribution is 0.569. The van der Waals surface area contributed by atoms with E-state index >= 15 is 0 Å². The Balaban J connectivity index is 1.11. The molecule has 0 fully saturated rings. The molecule has 136 heavy (non-hydrogen) atoms. The molecule has 0 aliphatic carbocycles. The highest BCUT2D eigenvalue weighted by molar-refractivity contribution is 7.00. The second-order valence-corrected chi connectivity index (χ2v) is 48.9. The van der Waals surface area contributed by atoms with Crippen molar-refractivity contribution in [3.8, 4) is 61.6 Å². The van der Waals surface area contributed by atoms with Crippen molar-refractivity contribution in [3.63, 3.8) is 0 Å². The van der Waals surface area contributed by atoms with E-state index in [0.717, 1.165) is 150 Å². The van der Waals surface area contributed by atoms with Gasteiger partial charge in [0.1, 0.15) is 0 Å². The number of aromatic nitrogens is 3. The average Bonchev–Trinajstić information content (AvgIpc) is 1.28. The van der Waals surface area contributed by atoms with Gasteiger partial charge in [-0.15, -0.1) is 0 Å². The number of hydrogen-bond acceptors (Lipinski definition) is 2. The number of anilines is 6. The van der Waals surface area contributed by atoms with Crippen LogP contribution in [-0.4, -0.2) is 20.4 Å². The average molecular weight is 1800 g/mol.